The monoisotopic (exact) mass is 316 g/mol. The summed E-state index contributed by atoms with van der Waals surface area (Å²) in [6.07, 6.45) is 5.52. The molecule has 0 saturated heterocycles. The van der Waals surface area contributed by atoms with Crippen molar-refractivity contribution in [3.63, 3.8) is 0 Å². The normalized spacial score (nSPS) is 22.3. The highest BCUT2D eigenvalue weighted by atomic mass is 127. The lowest BCUT2D eigenvalue weighted by atomic mass is 9.80. The van der Waals surface area contributed by atoms with E-state index in [1.165, 1.54) is 24.8 Å². The topological polar surface area (TPSA) is 20.2 Å². The predicted molar refractivity (Wildman–Crippen MR) is 71.2 cm³/mol. The van der Waals surface area contributed by atoms with Gasteiger partial charge >= 0.3 is 0 Å². The van der Waals surface area contributed by atoms with Gasteiger partial charge in [-0.3, -0.25) is 0 Å². The molecular formula is C13H17IO. The van der Waals surface area contributed by atoms with Crippen molar-refractivity contribution >= 4 is 22.6 Å². The van der Waals surface area contributed by atoms with Crippen LogP contribution in [0.1, 0.15) is 41.6 Å². The minimum absolute atomic E-state index is 0.233. The van der Waals surface area contributed by atoms with Gasteiger partial charge in [0.05, 0.1) is 9.53 Å². The van der Waals surface area contributed by atoms with E-state index in [4.69, 9.17) is 0 Å². The van der Waals surface area contributed by atoms with Crippen LogP contribution in [0.3, 0.4) is 0 Å². The summed E-state index contributed by atoms with van der Waals surface area (Å²) in [4.78, 5) is 0. The lowest BCUT2D eigenvalue weighted by Gasteiger charge is -2.36. The number of halogens is 1. The third kappa shape index (κ3) is 2.53. The van der Waals surface area contributed by atoms with Crippen molar-refractivity contribution in [2.45, 2.75) is 41.6 Å². The van der Waals surface area contributed by atoms with Gasteiger partial charge in [-0.1, -0.05) is 72.2 Å². The van der Waals surface area contributed by atoms with Crippen molar-refractivity contribution in [1.82, 2.24) is 0 Å². The zero-order valence-corrected chi connectivity index (χ0v) is 11.0. The highest BCUT2D eigenvalue weighted by molar-refractivity contribution is 14.1. The van der Waals surface area contributed by atoms with Crippen LogP contribution in [-0.4, -0.2) is 10.7 Å². The molecule has 0 aliphatic heterocycles. The molecule has 1 aromatic rings. The van der Waals surface area contributed by atoms with E-state index in [9.17, 15) is 5.11 Å². The summed E-state index contributed by atoms with van der Waals surface area (Å²) in [5.41, 5.74) is 0.780. The van der Waals surface area contributed by atoms with Crippen molar-refractivity contribution in [3.05, 3.63) is 35.9 Å². The summed E-state index contributed by atoms with van der Waals surface area (Å²) < 4.78 is 0.233. The van der Waals surface area contributed by atoms with Gasteiger partial charge in [0.2, 0.25) is 0 Å². The Morgan fingerprint density at radius 2 is 1.67 bits per heavy atom. The Balaban J connectivity index is 2.16. The van der Waals surface area contributed by atoms with Gasteiger partial charge in [-0.05, 0) is 18.4 Å². The first-order valence-corrected chi connectivity index (χ1v) is 6.88. The maximum Gasteiger partial charge on any atom is 0.0805 e. The molecule has 1 N–H and O–H groups in total. The average molecular weight is 316 g/mol. The van der Waals surface area contributed by atoms with Gasteiger partial charge < -0.3 is 5.11 Å². The van der Waals surface area contributed by atoms with Crippen molar-refractivity contribution in [2.24, 2.45) is 0 Å². The Hall–Kier alpha value is -0.0900. The maximum atomic E-state index is 10.6. The summed E-state index contributed by atoms with van der Waals surface area (Å²) in [5.74, 6) is 0. The molecule has 82 valence electrons. The van der Waals surface area contributed by atoms with E-state index in [2.05, 4.69) is 34.7 Å². The van der Waals surface area contributed by atoms with Gasteiger partial charge in [0.1, 0.15) is 0 Å². The molecule has 1 aliphatic rings. The Morgan fingerprint density at radius 3 is 2.27 bits per heavy atom. The molecule has 2 rings (SSSR count). The minimum Gasteiger partial charge on any atom is -0.388 e. The molecule has 0 heterocycles. The van der Waals surface area contributed by atoms with Crippen molar-refractivity contribution in [2.75, 3.05) is 0 Å². The lowest BCUT2D eigenvalue weighted by molar-refractivity contribution is 0.00584. The van der Waals surface area contributed by atoms with E-state index in [0.29, 0.717) is 0 Å². The SMILES string of the molecule is OC1(C(I)c2ccccc2)CCCCC1. The second kappa shape index (κ2) is 4.83. The van der Waals surface area contributed by atoms with Crippen molar-refractivity contribution in [3.8, 4) is 0 Å². The number of hydrogen-bond acceptors (Lipinski definition) is 1. The smallest absolute Gasteiger partial charge is 0.0805 e. The largest absolute Gasteiger partial charge is 0.388 e. The molecular weight excluding hydrogens is 299 g/mol. The first-order chi connectivity index (χ1) is 7.22. The van der Waals surface area contributed by atoms with Crippen LogP contribution in [0.5, 0.6) is 0 Å². The third-order valence-corrected chi connectivity index (χ3v) is 5.16. The highest BCUT2D eigenvalue weighted by Crippen LogP contribution is 2.43. The molecule has 1 atom stereocenters. The van der Waals surface area contributed by atoms with Gasteiger partial charge in [0.15, 0.2) is 0 Å². The molecule has 15 heavy (non-hydrogen) atoms. The van der Waals surface area contributed by atoms with Crippen molar-refractivity contribution in [1.29, 1.82) is 0 Å². The van der Waals surface area contributed by atoms with Gasteiger partial charge in [0.25, 0.3) is 0 Å². The average Bonchev–Trinajstić information content (AvgIpc) is 2.30. The second-order valence-electron chi connectivity index (χ2n) is 4.44. The molecule has 1 aromatic carbocycles. The molecule has 1 aliphatic carbocycles. The van der Waals surface area contributed by atoms with E-state index in [0.717, 1.165) is 12.8 Å². The Bertz CT molecular complexity index is 304. The van der Waals surface area contributed by atoms with Crippen LogP contribution < -0.4 is 0 Å². The van der Waals surface area contributed by atoms with Gasteiger partial charge in [-0.2, -0.15) is 0 Å². The van der Waals surface area contributed by atoms with Crippen LogP contribution in [0.15, 0.2) is 30.3 Å². The number of rotatable bonds is 2. The van der Waals surface area contributed by atoms with E-state index in [-0.39, 0.29) is 3.92 Å². The number of benzene rings is 1. The zero-order valence-electron chi connectivity index (χ0n) is 8.82. The molecule has 1 unspecified atom stereocenters. The second-order valence-corrected chi connectivity index (χ2v) is 5.68. The van der Waals surface area contributed by atoms with Gasteiger partial charge in [-0.25, -0.2) is 0 Å². The summed E-state index contributed by atoms with van der Waals surface area (Å²) in [6, 6.07) is 10.4. The molecule has 1 saturated carbocycles. The highest BCUT2D eigenvalue weighted by Gasteiger charge is 2.36. The number of aliphatic hydroxyl groups is 1. The minimum atomic E-state index is -0.472. The fraction of sp³-hybridized carbons (Fsp3) is 0.538. The Labute approximate surface area is 105 Å². The summed E-state index contributed by atoms with van der Waals surface area (Å²) >= 11 is 2.39. The van der Waals surface area contributed by atoms with Crippen LogP contribution in [-0.2, 0) is 0 Å². The summed E-state index contributed by atoms with van der Waals surface area (Å²) in [5, 5.41) is 10.6. The van der Waals surface area contributed by atoms with Crippen LogP contribution in [0.25, 0.3) is 0 Å². The van der Waals surface area contributed by atoms with E-state index >= 15 is 0 Å². The zero-order chi connectivity index (χ0) is 10.7. The summed E-state index contributed by atoms with van der Waals surface area (Å²) in [7, 11) is 0. The van der Waals surface area contributed by atoms with Gasteiger partial charge in [-0.15, -0.1) is 0 Å². The quantitative estimate of drug-likeness (QED) is 0.649. The lowest BCUT2D eigenvalue weighted by Crippen LogP contribution is -2.35. The molecule has 0 radical (unpaired) electrons. The standard InChI is InChI=1S/C13H17IO/c14-12(11-7-3-1-4-8-11)13(15)9-5-2-6-10-13/h1,3-4,7-8,12,15H,2,5-6,9-10H2. The third-order valence-electron chi connectivity index (χ3n) is 3.28. The molecule has 0 aromatic heterocycles. The Kier molecular flexibility index (Phi) is 3.67. The van der Waals surface area contributed by atoms with Crippen LogP contribution >= 0.6 is 22.6 Å². The fourth-order valence-electron chi connectivity index (χ4n) is 2.35. The summed E-state index contributed by atoms with van der Waals surface area (Å²) in [6.45, 7) is 0. The molecule has 0 bridgehead atoms. The first-order valence-electron chi connectivity index (χ1n) is 5.64. The molecule has 0 spiro atoms. The fourth-order valence-corrected chi connectivity index (χ4v) is 3.39. The number of alkyl halides is 1. The molecule has 1 nitrogen and oxygen atoms in total. The molecule has 1 fully saturated rings. The predicted octanol–water partition coefficient (Wildman–Crippen LogP) is 3.86. The maximum absolute atomic E-state index is 10.6. The Morgan fingerprint density at radius 1 is 1.07 bits per heavy atom. The van der Waals surface area contributed by atoms with E-state index in [1.807, 2.05) is 18.2 Å². The van der Waals surface area contributed by atoms with Crippen LogP contribution in [0.2, 0.25) is 0 Å². The van der Waals surface area contributed by atoms with E-state index in [1.54, 1.807) is 0 Å². The number of hydrogen-bond donors (Lipinski definition) is 1. The molecule has 0 amide bonds. The molecule has 2 heteroatoms. The van der Waals surface area contributed by atoms with Crippen LogP contribution in [0.4, 0.5) is 0 Å². The van der Waals surface area contributed by atoms with Crippen LogP contribution in [0, 0.1) is 0 Å². The van der Waals surface area contributed by atoms with Gasteiger partial charge in [0, 0.05) is 0 Å². The van der Waals surface area contributed by atoms with Crippen molar-refractivity contribution < 1.29 is 5.11 Å². The van der Waals surface area contributed by atoms with E-state index < -0.39 is 5.60 Å². The first kappa shape index (κ1) is 11.4.